The Morgan fingerprint density at radius 3 is 2.33 bits per heavy atom. The first-order valence-electron chi connectivity index (χ1n) is 3.17. The second-order valence-electron chi connectivity index (χ2n) is 2.16. The van der Waals surface area contributed by atoms with E-state index in [0.29, 0.717) is 0 Å². The second-order valence-corrected chi connectivity index (χ2v) is 2.16. The van der Waals surface area contributed by atoms with Crippen molar-refractivity contribution in [2.75, 3.05) is 0 Å². The minimum Gasteiger partial charge on any atom is -0.361 e. The highest BCUT2D eigenvalue weighted by atomic mass is 16.5. The van der Waals surface area contributed by atoms with Crippen LogP contribution in [0.2, 0.25) is 0 Å². The summed E-state index contributed by atoms with van der Waals surface area (Å²) in [5.74, 6) is 0.954. The van der Waals surface area contributed by atoms with E-state index >= 15 is 0 Å². The van der Waals surface area contributed by atoms with Gasteiger partial charge in [0.1, 0.15) is 5.76 Å². The maximum Gasteiger partial charge on any atom is 0.137 e. The maximum atomic E-state index is 4.94. The van der Waals surface area contributed by atoms with Gasteiger partial charge in [-0.15, -0.1) is 0 Å². The summed E-state index contributed by atoms with van der Waals surface area (Å²) in [6, 6.07) is 0. The zero-order chi connectivity index (χ0) is 6.85. The van der Waals surface area contributed by atoms with E-state index in [2.05, 4.69) is 12.1 Å². The van der Waals surface area contributed by atoms with E-state index in [1.807, 2.05) is 13.8 Å². The van der Waals surface area contributed by atoms with Crippen LogP contribution in [-0.2, 0) is 6.42 Å². The molecule has 0 radical (unpaired) electrons. The Balaban J connectivity index is 3.07. The molecule has 1 rings (SSSR count). The fraction of sp³-hybridized carbons (Fsp3) is 0.571. The Labute approximate surface area is 54.9 Å². The van der Waals surface area contributed by atoms with Crippen LogP contribution in [0.25, 0.3) is 0 Å². The molecule has 0 unspecified atom stereocenters. The zero-order valence-electron chi connectivity index (χ0n) is 6.06. The van der Waals surface area contributed by atoms with Crippen LogP contribution in [0, 0.1) is 13.8 Å². The summed E-state index contributed by atoms with van der Waals surface area (Å²) in [6.45, 7) is 6.01. The molecule has 1 aromatic heterocycles. The lowest BCUT2D eigenvalue weighted by Crippen LogP contribution is -1.82. The van der Waals surface area contributed by atoms with Gasteiger partial charge in [-0.05, 0) is 20.3 Å². The van der Waals surface area contributed by atoms with Crippen molar-refractivity contribution in [2.45, 2.75) is 27.2 Å². The van der Waals surface area contributed by atoms with Crippen LogP contribution in [-0.4, -0.2) is 5.16 Å². The molecule has 0 atom stereocenters. The molecule has 0 amide bonds. The van der Waals surface area contributed by atoms with Crippen LogP contribution in [0.1, 0.15) is 23.9 Å². The van der Waals surface area contributed by atoms with Gasteiger partial charge in [0.15, 0.2) is 0 Å². The lowest BCUT2D eigenvalue weighted by atomic mass is 10.1. The molecule has 0 N–H and O–H groups in total. The van der Waals surface area contributed by atoms with E-state index in [1.54, 1.807) is 0 Å². The Morgan fingerprint density at radius 2 is 2.11 bits per heavy atom. The molecule has 2 nitrogen and oxygen atoms in total. The van der Waals surface area contributed by atoms with Gasteiger partial charge in [0.05, 0.1) is 5.69 Å². The molecule has 0 aliphatic rings. The van der Waals surface area contributed by atoms with Crippen molar-refractivity contribution in [3.05, 3.63) is 17.0 Å². The minimum absolute atomic E-state index is 0.954. The third-order valence-electron chi connectivity index (χ3n) is 1.53. The van der Waals surface area contributed by atoms with Crippen molar-refractivity contribution in [1.29, 1.82) is 0 Å². The van der Waals surface area contributed by atoms with Crippen LogP contribution in [0.3, 0.4) is 0 Å². The highest BCUT2D eigenvalue weighted by molar-refractivity contribution is 5.19. The summed E-state index contributed by atoms with van der Waals surface area (Å²) in [7, 11) is 0. The second kappa shape index (κ2) is 2.21. The standard InChI is InChI=1S/C7H11NO/c1-4-7-5(2)8-9-6(7)3/h4H2,1-3H3. The van der Waals surface area contributed by atoms with E-state index in [0.717, 1.165) is 17.9 Å². The Hall–Kier alpha value is -0.790. The van der Waals surface area contributed by atoms with Gasteiger partial charge >= 0.3 is 0 Å². The smallest absolute Gasteiger partial charge is 0.137 e. The summed E-state index contributed by atoms with van der Waals surface area (Å²) < 4.78 is 4.94. The predicted molar refractivity (Wildman–Crippen MR) is 35.4 cm³/mol. The SMILES string of the molecule is CCc1c(C)noc1C. The fourth-order valence-corrected chi connectivity index (χ4v) is 1.01. The lowest BCUT2D eigenvalue weighted by molar-refractivity contribution is 0.392. The lowest BCUT2D eigenvalue weighted by Gasteiger charge is -1.88. The van der Waals surface area contributed by atoms with Gasteiger partial charge in [-0.3, -0.25) is 0 Å². The molecule has 0 saturated heterocycles. The first-order chi connectivity index (χ1) is 4.25. The Bertz CT molecular complexity index is 183. The summed E-state index contributed by atoms with van der Waals surface area (Å²) in [6.07, 6.45) is 1.02. The van der Waals surface area contributed by atoms with E-state index < -0.39 is 0 Å². The van der Waals surface area contributed by atoms with Crippen LogP contribution >= 0.6 is 0 Å². The van der Waals surface area contributed by atoms with E-state index in [1.165, 1.54) is 5.56 Å². The molecule has 0 aromatic carbocycles. The third-order valence-corrected chi connectivity index (χ3v) is 1.53. The fourth-order valence-electron chi connectivity index (χ4n) is 1.01. The number of nitrogens with zero attached hydrogens (tertiary/aromatic N) is 1. The quantitative estimate of drug-likeness (QED) is 0.572. The van der Waals surface area contributed by atoms with Crippen molar-refractivity contribution in [2.24, 2.45) is 0 Å². The molecule has 0 fully saturated rings. The van der Waals surface area contributed by atoms with Gasteiger partial charge < -0.3 is 4.52 Å². The van der Waals surface area contributed by atoms with E-state index in [-0.39, 0.29) is 0 Å². The molecule has 9 heavy (non-hydrogen) atoms. The van der Waals surface area contributed by atoms with Gasteiger partial charge in [0.2, 0.25) is 0 Å². The minimum atomic E-state index is 0.954. The first-order valence-corrected chi connectivity index (χ1v) is 3.17. The highest BCUT2D eigenvalue weighted by Crippen LogP contribution is 2.11. The summed E-state index contributed by atoms with van der Waals surface area (Å²) in [5, 5.41) is 3.81. The average molecular weight is 125 g/mol. The van der Waals surface area contributed by atoms with E-state index in [9.17, 15) is 0 Å². The van der Waals surface area contributed by atoms with Crippen molar-refractivity contribution in [3.8, 4) is 0 Å². The highest BCUT2D eigenvalue weighted by Gasteiger charge is 2.04. The normalized spacial score (nSPS) is 10.1. The van der Waals surface area contributed by atoms with Crippen LogP contribution in [0.15, 0.2) is 4.52 Å². The number of rotatable bonds is 1. The van der Waals surface area contributed by atoms with Crippen molar-refractivity contribution in [1.82, 2.24) is 5.16 Å². The molecule has 1 heterocycles. The van der Waals surface area contributed by atoms with Crippen LogP contribution in [0.5, 0.6) is 0 Å². The maximum absolute atomic E-state index is 4.94. The summed E-state index contributed by atoms with van der Waals surface area (Å²) in [4.78, 5) is 0. The molecule has 2 heteroatoms. The molecule has 0 spiro atoms. The summed E-state index contributed by atoms with van der Waals surface area (Å²) >= 11 is 0. The molecule has 0 saturated carbocycles. The molecule has 0 aliphatic heterocycles. The van der Waals surface area contributed by atoms with Gasteiger partial charge in [-0.1, -0.05) is 12.1 Å². The molecule has 0 aliphatic carbocycles. The van der Waals surface area contributed by atoms with Gasteiger partial charge in [0.25, 0.3) is 0 Å². The first kappa shape index (κ1) is 6.33. The van der Waals surface area contributed by atoms with Gasteiger partial charge in [-0.25, -0.2) is 0 Å². The number of hydrogen-bond donors (Lipinski definition) is 0. The molecule has 0 bridgehead atoms. The largest absolute Gasteiger partial charge is 0.361 e. The van der Waals surface area contributed by atoms with Crippen molar-refractivity contribution in [3.63, 3.8) is 0 Å². The van der Waals surface area contributed by atoms with Crippen LogP contribution in [0.4, 0.5) is 0 Å². The predicted octanol–water partition coefficient (Wildman–Crippen LogP) is 1.85. The Morgan fingerprint density at radius 1 is 1.44 bits per heavy atom. The zero-order valence-corrected chi connectivity index (χ0v) is 6.06. The summed E-state index contributed by atoms with van der Waals surface area (Å²) in [5.41, 5.74) is 2.27. The van der Waals surface area contributed by atoms with Crippen molar-refractivity contribution >= 4 is 0 Å². The van der Waals surface area contributed by atoms with E-state index in [4.69, 9.17) is 4.52 Å². The van der Waals surface area contributed by atoms with Crippen molar-refractivity contribution < 1.29 is 4.52 Å². The monoisotopic (exact) mass is 125 g/mol. The molecular formula is C7H11NO. The topological polar surface area (TPSA) is 26.0 Å². The molecule has 1 aromatic rings. The number of hydrogen-bond acceptors (Lipinski definition) is 2. The van der Waals surface area contributed by atoms with Gasteiger partial charge in [-0.2, -0.15) is 0 Å². The average Bonchev–Trinajstić information content (AvgIpc) is 2.12. The number of aryl methyl sites for hydroxylation is 2. The van der Waals surface area contributed by atoms with Gasteiger partial charge in [0, 0.05) is 5.56 Å². The van der Waals surface area contributed by atoms with Crippen LogP contribution < -0.4 is 0 Å². The molecule has 50 valence electrons. The Kier molecular flexibility index (Phi) is 1.56. The number of aromatic nitrogens is 1. The third kappa shape index (κ3) is 0.969. The molecular weight excluding hydrogens is 114 g/mol.